The largest absolute Gasteiger partial charge is 0.376 e. The molecule has 2 aliphatic rings. The number of hydrogen-bond donors (Lipinski definition) is 1. The van der Waals surface area contributed by atoms with Gasteiger partial charge in [0.15, 0.2) is 0 Å². The number of nitrogens with one attached hydrogen (secondary N) is 1. The van der Waals surface area contributed by atoms with Gasteiger partial charge in [0.05, 0.1) is 22.8 Å². The van der Waals surface area contributed by atoms with Gasteiger partial charge < -0.3 is 10.2 Å². The molecule has 3 rings (SSSR count). The molecule has 7 nitrogen and oxygen atoms in total. The van der Waals surface area contributed by atoms with E-state index >= 15 is 0 Å². The van der Waals surface area contributed by atoms with Crippen molar-refractivity contribution < 1.29 is 13.2 Å². The highest BCUT2D eigenvalue weighted by Gasteiger charge is 2.34. The fourth-order valence-corrected chi connectivity index (χ4v) is 5.60. The number of sulfonamides is 1. The van der Waals surface area contributed by atoms with Gasteiger partial charge in [-0.25, -0.2) is 12.7 Å². The zero-order valence-corrected chi connectivity index (χ0v) is 18.8. The molecule has 1 amide bonds. The lowest BCUT2D eigenvalue weighted by atomic mass is 9.78. The van der Waals surface area contributed by atoms with E-state index in [1.54, 1.807) is 18.2 Å². The molecule has 1 N–H and O–H groups in total. The van der Waals surface area contributed by atoms with Crippen molar-refractivity contribution in [2.45, 2.75) is 49.5 Å². The summed E-state index contributed by atoms with van der Waals surface area (Å²) >= 11 is 0. The summed E-state index contributed by atoms with van der Waals surface area (Å²) in [5.74, 6) is 0.634. The molecule has 0 bridgehead atoms. The van der Waals surface area contributed by atoms with E-state index in [0.717, 1.165) is 24.6 Å². The summed E-state index contributed by atoms with van der Waals surface area (Å²) in [4.78, 5) is 17.3. The van der Waals surface area contributed by atoms with E-state index in [1.165, 1.54) is 50.5 Å². The Bertz CT molecular complexity index is 836. The lowest BCUT2D eigenvalue weighted by Crippen LogP contribution is -2.49. The van der Waals surface area contributed by atoms with Crippen molar-refractivity contribution >= 4 is 27.3 Å². The second kappa shape index (κ2) is 9.02. The van der Waals surface area contributed by atoms with Gasteiger partial charge in [-0.15, -0.1) is 0 Å². The van der Waals surface area contributed by atoms with Crippen molar-refractivity contribution in [1.82, 2.24) is 9.21 Å². The first-order valence-corrected chi connectivity index (χ1v) is 11.9. The Morgan fingerprint density at radius 1 is 1.10 bits per heavy atom. The zero-order chi connectivity index (χ0) is 21.2. The predicted molar refractivity (Wildman–Crippen MR) is 117 cm³/mol. The molecule has 0 radical (unpaired) electrons. The van der Waals surface area contributed by atoms with E-state index in [0.29, 0.717) is 18.3 Å². The first kappa shape index (κ1) is 22.1. The molecule has 2 fully saturated rings. The Hall–Kier alpha value is -1.64. The molecule has 29 heavy (non-hydrogen) atoms. The van der Waals surface area contributed by atoms with Gasteiger partial charge in [-0.3, -0.25) is 9.69 Å². The van der Waals surface area contributed by atoms with E-state index in [-0.39, 0.29) is 10.8 Å². The number of nitrogens with zero attached hydrogens (tertiary/aromatic N) is 3. The van der Waals surface area contributed by atoms with Crippen LogP contribution < -0.4 is 10.2 Å². The van der Waals surface area contributed by atoms with Crippen molar-refractivity contribution in [2.24, 2.45) is 5.92 Å². The van der Waals surface area contributed by atoms with Crippen LogP contribution in [0.1, 0.15) is 38.5 Å². The van der Waals surface area contributed by atoms with Crippen LogP contribution >= 0.6 is 0 Å². The van der Waals surface area contributed by atoms with Crippen LogP contribution in [0.3, 0.4) is 0 Å². The lowest BCUT2D eigenvalue weighted by molar-refractivity contribution is -0.118. The molecule has 0 spiro atoms. The molecule has 0 aromatic heterocycles. The highest BCUT2D eigenvalue weighted by atomic mass is 32.2. The number of anilines is 2. The summed E-state index contributed by atoms with van der Waals surface area (Å²) in [6.45, 7) is 1.32. The number of benzene rings is 1. The molecular formula is C21H34N4O3S. The highest BCUT2D eigenvalue weighted by Crippen LogP contribution is 2.35. The van der Waals surface area contributed by atoms with Gasteiger partial charge in [-0.05, 0) is 56.3 Å². The van der Waals surface area contributed by atoms with Gasteiger partial charge in [0.2, 0.25) is 15.9 Å². The summed E-state index contributed by atoms with van der Waals surface area (Å²) in [5.41, 5.74) is 1.31. The van der Waals surface area contributed by atoms with Gasteiger partial charge in [0, 0.05) is 34.2 Å². The third-order valence-corrected chi connectivity index (χ3v) is 8.02. The number of amides is 1. The Balaban J connectivity index is 1.78. The standard InChI is InChI=1S/C21H34N4O3S/c1-23(2)20-12-11-17(29(27,28)24(3)4)14-18(20)22-21(26)15-25-13-7-9-16-8-5-6-10-19(16)25/h11-12,14,16,19H,5-10,13,15H2,1-4H3,(H,22,26)/t16-,19-/m0/s1. The van der Waals surface area contributed by atoms with Crippen LogP contribution in [-0.2, 0) is 14.8 Å². The molecule has 1 aromatic carbocycles. The first-order chi connectivity index (χ1) is 13.7. The van der Waals surface area contributed by atoms with E-state index in [9.17, 15) is 13.2 Å². The highest BCUT2D eigenvalue weighted by molar-refractivity contribution is 7.89. The maximum absolute atomic E-state index is 12.9. The quantitative estimate of drug-likeness (QED) is 0.763. The maximum atomic E-state index is 12.9. The smallest absolute Gasteiger partial charge is 0.242 e. The van der Waals surface area contributed by atoms with Crippen LogP contribution in [0.2, 0.25) is 0 Å². The number of carbonyl (C=O) groups is 1. The molecule has 2 atom stereocenters. The third kappa shape index (κ3) is 4.92. The van der Waals surface area contributed by atoms with Crippen LogP contribution in [0.25, 0.3) is 0 Å². The number of rotatable bonds is 6. The monoisotopic (exact) mass is 422 g/mol. The zero-order valence-electron chi connectivity index (χ0n) is 18.0. The van der Waals surface area contributed by atoms with E-state index < -0.39 is 10.0 Å². The van der Waals surface area contributed by atoms with Crippen LogP contribution in [-0.4, -0.2) is 70.9 Å². The van der Waals surface area contributed by atoms with Gasteiger partial charge in [0.25, 0.3) is 0 Å². The topological polar surface area (TPSA) is 73.0 Å². The van der Waals surface area contributed by atoms with Gasteiger partial charge >= 0.3 is 0 Å². The minimum absolute atomic E-state index is 0.0845. The van der Waals surface area contributed by atoms with Crippen LogP contribution in [0.15, 0.2) is 23.1 Å². The van der Waals surface area contributed by atoms with E-state index in [2.05, 4.69) is 10.2 Å². The van der Waals surface area contributed by atoms with Gasteiger partial charge in [0.1, 0.15) is 0 Å². The number of piperidine rings is 1. The van der Waals surface area contributed by atoms with Gasteiger partial charge in [-0.2, -0.15) is 0 Å². The van der Waals surface area contributed by atoms with Crippen LogP contribution in [0, 0.1) is 5.92 Å². The molecule has 1 aliphatic heterocycles. The molecule has 8 heteroatoms. The summed E-state index contributed by atoms with van der Waals surface area (Å²) in [5, 5.41) is 2.98. The van der Waals surface area contributed by atoms with E-state index in [1.807, 2.05) is 19.0 Å². The van der Waals surface area contributed by atoms with Crippen LogP contribution in [0.4, 0.5) is 11.4 Å². The van der Waals surface area contributed by atoms with E-state index in [4.69, 9.17) is 0 Å². The van der Waals surface area contributed by atoms with Crippen molar-refractivity contribution in [1.29, 1.82) is 0 Å². The molecule has 162 valence electrons. The Morgan fingerprint density at radius 3 is 2.48 bits per heavy atom. The molecule has 0 unspecified atom stereocenters. The molecular weight excluding hydrogens is 388 g/mol. The van der Waals surface area contributed by atoms with Crippen molar-refractivity contribution in [3.63, 3.8) is 0 Å². The van der Waals surface area contributed by atoms with Crippen molar-refractivity contribution in [3.05, 3.63) is 18.2 Å². The van der Waals surface area contributed by atoms with Crippen molar-refractivity contribution in [2.75, 3.05) is 51.5 Å². The van der Waals surface area contributed by atoms with Crippen molar-refractivity contribution in [3.8, 4) is 0 Å². The summed E-state index contributed by atoms with van der Waals surface area (Å²) in [6.07, 6.45) is 7.43. The minimum atomic E-state index is -3.57. The van der Waals surface area contributed by atoms with Crippen LogP contribution in [0.5, 0.6) is 0 Å². The fourth-order valence-electron chi connectivity index (χ4n) is 4.67. The fraction of sp³-hybridized carbons (Fsp3) is 0.667. The molecule has 1 saturated carbocycles. The molecule has 1 heterocycles. The predicted octanol–water partition coefficient (Wildman–Crippen LogP) is 2.60. The summed E-state index contributed by atoms with van der Waals surface area (Å²) in [6, 6.07) is 5.39. The summed E-state index contributed by atoms with van der Waals surface area (Å²) in [7, 11) is 3.20. The number of hydrogen-bond acceptors (Lipinski definition) is 5. The lowest BCUT2D eigenvalue weighted by Gasteiger charge is -2.43. The van der Waals surface area contributed by atoms with Gasteiger partial charge in [-0.1, -0.05) is 12.8 Å². The molecule has 1 aromatic rings. The number of likely N-dealkylation sites (tertiary alicyclic amines) is 1. The average Bonchev–Trinajstić information content (AvgIpc) is 2.67. The molecule has 1 saturated heterocycles. The second-order valence-corrected chi connectivity index (χ2v) is 10.8. The maximum Gasteiger partial charge on any atom is 0.242 e. The Kier molecular flexibility index (Phi) is 6.86. The first-order valence-electron chi connectivity index (χ1n) is 10.5. The third-order valence-electron chi connectivity index (χ3n) is 6.21. The number of fused-ring (bicyclic) bond motifs is 1. The molecule has 1 aliphatic carbocycles. The number of carbonyl (C=O) groups excluding carboxylic acids is 1. The SMILES string of the molecule is CN(C)c1ccc(S(=O)(=O)N(C)C)cc1NC(=O)CN1CCC[C@@H]2CCCC[C@@H]21. The Labute approximate surface area is 175 Å². The Morgan fingerprint density at radius 2 is 1.79 bits per heavy atom. The second-order valence-electron chi connectivity index (χ2n) is 8.63. The average molecular weight is 423 g/mol. The summed E-state index contributed by atoms with van der Waals surface area (Å²) < 4.78 is 26.2. The minimum Gasteiger partial charge on any atom is -0.376 e. The normalized spacial score (nSPS) is 22.9.